The molecule has 0 aromatic heterocycles. The van der Waals surface area contributed by atoms with E-state index in [-0.39, 0.29) is 19.6 Å². The lowest BCUT2D eigenvalue weighted by molar-refractivity contribution is -0.270. The van der Waals surface area contributed by atoms with Gasteiger partial charge in [-0.05, 0) is 6.42 Å². The Labute approximate surface area is 81.6 Å². The highest BCUT2D eigenvalue weighted by Crippen LogP contribution is 2.35. The smallest absolute Gasteiger partial charge is 0.379 e. The van der Waals surface area contributed by atoms with Crippen molar-refractivity contribution in [2.24, 2.45) is 0 Å². The topological polar surface area (TPSA) is 38.3 Å². The van der Waals surface area contributed by atoms with Crippen molar-refractivity contribution in [3.05, 3.63) is 0 Å². The van der Waals surface area contributed by atoms with Gasteiger partial charge in [0.05, 0.1) is 12.6 Å². The molecule has 1 amide bonds. The molecule has 1 heterocycles. The second kappa shape index (κ2) is 3.92. The quantitative estimate of drug-likeness (QED) is 0.725. The fraction of sp³-hybridized carbons (Fsp3) is 0.857. The minimum atomic E-state index is -5.86. The second-order valence-corrected chi connectivity index (χ2v) is 3.11. The summed E-state index contributed by atoms with van der Waals surface area (Å²) in [5.74, 6) is -7.68. The summed E-state index contributed by atoms with van der Waals surface area (Å²) < 4.78 is 64.7. The lowest BCUT2D eigenvalue weighted by atomic mass is 10.2. The zero-order chi connectivity index (χ0) is 11.7. The number of carbonyl (C=O) groups is 1. The van der Waals surface area contributed by atoms with Crippen LogP contribution in [0.25, 0.3) is 0 Å². The molecule has 0 bridgehead atoms. The standard InChI is InChI=1S/C7H8F5NO2/c8-6(9,7(10,11)12)5(14)13-4-1-2-15-3-4/h4H,1-3H2,(H,13,14). The Morgan fingerprint density at radius 3 is 2.27 bits per heavy atom. The van der Waals surface area contributed by atoms with Crippen LogP contribution in [0.2, 0.25) is 0 Å². The minimum Gasteiger partial charge on any atom is -0.379 e. The van der Waals surface area contributed by atoms with E-state index in [4.69, 9.17) is 4.74 Å². The summed E-state index contributed by atoms with van der Waals surface area (Å²) in [5.41, 5.74) is 0. The third-order valence-corrected chi connectivity index (χ3v) is 1.91. The van der Waals surface area contributed by atoms with Crippen molar-refractivity contribution in [1.29, 1.82) is 0 Å². The van der Waals surface area contributed by atoms with Crippen LogP contribution in [-0.2, 0) is 9.53 Å². The number of nitrogens with one attached hydrogen (secondary N) is 1. The number of carbonyl (C=O) groups excluding carboxylic acids is 1. The maximum atomic E-state index is 12.4. The van der Waals surface area contributed by atoms with Gasteiger partial charge in [-0.1, -0.05) is 0 Å². The van der Waals surface area contributed by atoms with Gasteiger partial charge in [0, 0.05) is 6.61 Å². The first-order chi connectivity index (χ1) is 6.75. The Hall–Kier alpha value is -0.920. The average Bonchev–Trinajstić information content (AvgIpc) is 2.54. The van der Waals surface area contributed by atoms with Crippen LogP contribution in [0, 0.1) is 0 Å². The van der Waals surface area contributed by atoms with Crippen molar-refractivity contribution in [3.8, 4) is 0 Å². The van der Waals surface area contributed by atoms with Gasteiger partial charge in [-0.15, -0.1) is 0 Å². The maximum absolute atomic E-state index is 12.4. The molecule has 0 aromatic carbocycles. The number of ether oxygens (including phenoxy) is 1. The van der Waals surface area contributed by atoms with Crippen LogP contribution in [0.4, 0.5) is 22.0 Å². The molecule has 1 unspecified atom stereocenters. The molecule has 0 aliphatic carbocycles. The number of hydrogen-bond acceptors (Lipinski definition) is 2. The lowest BCUT2D eigenvalue weighted by Crippen LogP contribution is -2.53. The second-order valence-electron chi connectivity index (χ2n) is 3.11. The number of halogens is 5. The molecule has 88 valence electrons. The molecule has 1 aliphatic heterocycles. The number of rotatable bonds is 2. The van der Waals surface area contributed by atoms with Crippen LogP contribution >= 0.6 is 0 Å². The van der Waals surface area contributed by atoms with Crippen LogP contribution in [0.1, 0.15) is 6.42 Å². The van der Waals surface area contributed by atoms with Crippen LogP contribution in [0.5, 0.6) is 0 Å². The highest BCUT2D eigenvalue weighted by Gasteiger charge is 2.63. The Morgan fingerprint density at radius 2 is 1.87 bits per heavy atom. The SMILES string of the molecule is O=C(NC1CCOC1)C(F)(F)C(F)(F)F. The fourth-order valence-electron chi connectivity index (χ4n) is 1.05. The summed E-state index contributed by atoms with van der Waals surface area (Å²) in [6.45, 7) is 0.197. The Bertz CT molecular complexity index is 246. The van der Waals surface area contributed by atoms with Crippen molar-refractivity contribution >= 4 is 5.91 Å². The van der Waals surface area contributed by atoms with E-state index in [0.29, 0.717) is 0 Å². The first-order valence-corrected chi connectivity index (χ1v) is 4.08. The molecule has 1 fully saturated rings. The van der Waals surface area contributed by atoms with Crippen LogP contribution in [0.3, 0.4) is 0 Å². The number of hydrogen-bond donors (Lipinski definition) is 1. The molecular weight excluding hydrogens is 225 g/mol. The van der Waals surface area contributed by atoms with E-state index in [0.717, 1.165) is 0 Å². The predicted octanol–water partition coefficient (Wildman–Crippen LogP) is 1.09. The molecule has 0 radical (unpaired) electrons. The van der Waals surface area contributed by atoms with Crippen molar-refractivity contribution in [2.45, 2.75) is 24.6 Å². The number of amides is 1. The van der Waals surface area contributed by atoms with Gasteiger partial charge in [0.1, 0.15) is 0 Å². The fourth-order valence-corrected chi connectivity index (χ4v) is 1.05. The normalized spacial score (nSPS) is 22.9. The molecule has 1 rings (SSSR count). The average molecular weight is 233 g/mol. The summed E-state index contributed by atoms with van der Waals surface area (Å²) in [4.78, 5) is 10.6. The Morgan fingerprint density at radius 1 is 1.27 bits per heavy atom. The van der Waals surface area contributed by atoms with Crippen molar-refractivity contribution in [2.75, 3.05) is 13.2 Å². The molecule has 0 saturated carbocycles. The zero-order valence-corrected chi connectivity index (χ0v) is 7.40. The Balaban J connectivity index is 2.59. The molecule has 15 heavy (non-hydrogen) atoms. The maximum Gasteiger partial charge on any atom is 0.463 e. The van der Waals surface area contributed by atoms with Gasteiger partial charge in [0.25, 0.3) is 0 Å². The monoisotopic (exact) mass is 233 g/mol. The van der Waals surface area contributed by atoms with Gasteiger partial charge in [-0.25, -0.2) is 0 Å². The largest absolute Gasteiger partial charge is 0.463 e. The predicted molar refractivity (Wildman–Crippen MR) is 38.4 cm³/mol. The summed E-state index contributed by atoms with van der Waals surface area (Å²) in [6.07, 6.45) is -5.63. The first kappa shape index (κ1) is 12.2. The molecule has 1 N–H and O–H groups in total. The molecule has 1 atom stereocenters. The van der Waals surface area contributed by atoms with Gasteiger partial charge in [0.2, 0.25) is 0 Å². The lowest BCUT2D eigenvalue weighted by Gasteiger charge is -2.20. The molecule has 1 saturated heterocycles. The van der Waals surface area contributed by atoms with Crippen molar-refractivity contribution < 1.29 is 31.5 Å². The molecule has 1 aliphatic rings. The van der Waals surface area contributed by atoms with Gasteiger partial charge >= 0.3 is 18.0 Å². The van der Waals surface area contributed by atoms with Crippen LogP contribution < -0.4 is 5.32 Å². The van der Waals surface area contributed by atoms with Crippen molar-refractivity contribution in [1.82, 2.24) is 5.32 Å². The molecule has 0 spiro atoms. The van der Waals surface area contributed by atoms with E-state index in [9.17, 15) is 26.7 Å². The summed E-state index contributed by atoms with van der Waals surface area (Å²) in [5, 5.41) is 1.59. The molecule has 3 nitrogen and oxygen atoms in total. The molecule has 0 aromatic rings. The molecule has 8 heteroatoms. The van der Waals surface area contributed by atoms with E-state index in [1.165, 1.54) is 0 Å². The summed E-state index contributed by atoms with van der Waals surface area (Å²) in [7, 11) is 0. The van der Waals surface area contributed by atoms with Gasteiger partial charge in [-0.2, -0.15) is 22.0 Å². The van der Waals surface area contributed by atoms with E-state index in [1.807, 2.05) is 0 Å². The third-order valence-electron chi connectivity index (χ3n) is 1.91. The van der Waals surface area contributed by atoms with Crippen LogP contribution in [-0.4, -0.2) is 37.3 Å². The third kappa shape index (κ3) is 2.55. The summed E-state index contributed by atoms with van der Waals surface area (Å²) >= 11 is 0. The molecular formula is C7H8F5NO2. The van der Waals surface area contributed by atoms with Gasteiger partial charge < -0.3 is 10.1 Å². The van der Waals surface area contributed by atoms with Crippen molar-refractivity contribution in [3.63, 3.8) is 0 Å². The van der Waals surface area contributed by atoms with E-state index in [2.05, 4.69) is 0 Å². The van der Waals surface area contributed by atoms with Gasteiger partial charge in [-0.3, -0.25) is 4.79 Å². The van der Waals surface area contributed by atoms with E-state index < -0.39 is 24.0 Å². The Kier molecular flexibility index (Phi) is 3.17. The zero-order valence-electron chi connectivity index (χ0n) is 7.40. The number of alkyl halides is 5. The minimum absolute atomic E-state index is 0.0420. The highest BCUT2D eigenvalue weighted by molar-refractivity contribution is 5.84. The van der Waals surface area contributed by atoms with Gasteiger partial charge in [0.15, 0.2) is 0 Å². The summed E-state index contributed by atoms with van der Waals surface area (Å²) in [6, 6.07) is -0.772. The van der Waals surface area contributed by atoms with E-state index >= 15 is 0 Å². The highest BCUT2D eigenvalue weighted by atomic mass is 19.4. The first-order valence-electron chi connectivity index (χ1n) is 4.08. The van der Waals surface area contributed by atoms with Crippen LogP contribution in [0.15, 0.2) is 0 Å². The van der Waals surface area contributed by atoms with E-state index in [1.54, 1.807) is 5.32 Å².